The maximum absolute atomic E-state index is 9.56. The molecular formula is C8H12ClNO. The highest BCUT2D eigenvalue weighted by molar-refractivity contribution is 6.19. The minimum absolute atomic E-state index is 0.178. The van der Waals surface area contributed by atoms with Gasteiger partial charge in [0.1, 0.15) is 0 Å². The van der Waals surface area contributed by atoms with Gasteiger partial charge < -0.3 is 5.11 Å². The Hall–Kier alpha value is -0.0500. The molecule has 2 nitrogen and oxygen atoms in total. The van der Waals surface area contributed by atoms with Crippen molar-refractivity contribution in [2.75, 3.05) is 19.0 Å². The highest BCUT2D eigenvalue weighted by atomic mass is 35.5. The number of hydrogen-bond donors (Lipinski definition) is 1. The van der Waals surface area contributed by atoms with Crippen molar-refractivity contribution in [3.05, 3.63) is 11.6 Å². The lowest BCUT2D eigenvalue weighted by atomic mass is 10.1. The molecule has 0 bridgehead atoms. The zero-order chi connectivity index (χ0) is 7.84. The van der Waals surface area contributed by atoms with Gasteiger partial charge in [-0.3, -0.25) is 4.90 Å². The second-order valence-corrected chi connectivity index (χ2v) is 3.48. The molecule has 62 valence electrons. The SMILES string of the molecule is O[C@@H]1CCN2CC=C(CCl)[C@@H]12. The average molecular weight is 174 g/mol. The van der Waals surface area contributed by atoms with E-state index in [1.54, 1.807) is 0 Å². The Morgan fingerprint density at radius 1 is 1.73 bits per heavy atom. The quantitative estimate of drug-likeness (QED) is 0.464. The van der Waals surface area contributed by atoms with Gasteiger partial charge in [-0.1, -0.05) is 6.08 Å². The van der Waals surface area contributed by atoms with Crippen LogP contribution in [0.2, 0.25) is 0 Å². The Morgan fingerprint density at radius 3 is 3.27 bits per heavy atom. The Balaban J connectivity index is 2.15. The van der Waals surface area contributed by atoms with Crippen molar-refractivity contribution in [1.82, 2.24) is 4.90 Å². The molecule has 0 saturated carbocycles. The van der Waals surface area contributed by atoms with Gasteiger partial charge in [-0.05, 0) is 12.0 Å². The van der Waals surface area contributed by atoms with Crippen LogP contribution in [0.15, 0.2) is 11.6 Å². The van der Waals surface area contributed by atoms with Crippen LogP contribution in [0.4, 0.5) is 0 Å². The Bertz CT molecular complexity index is 193. The average Bonchev–Trinajstić information content (AvgIpc) is 2.54. The number of hydrogen-bond acceptors (Lipinski definition) is 2. The van der Waals surface area contributed by atoms with Gasteiger partial charge in [0.25, 0.3) is 0 Å². The highest BCUT2D eigenvalue weighted by Gasteiger charge is 2.37. The fraction of sp³-hybridized carbons (Fsp3) is 0.750. The van der Waals surface area contributed by atoms with Crippen molar-refractivity contribution in [3.63, 3.8) is 0 Å². The molecule has 0 unspecified atom stereocenters. The fourth-order valence-electron chi connectivity index (χ4n) is 2.01. The second-order valence-electron chi connectivity index (χ2n) is 3.21. The summed E-state index contributed by atoms with van der Waals surface area (Å²) in [5, 5.41) is 9.56. The van der Waals surface area contributed by atoms with Gasteiger partial charge in [0.2, 0.25) is 0 Å². The van der Waals surface area contributed by atoms with Crippen LogP contribution in [0.25, 0.3) is 0 Å². The van der Waals surface area contributed by atoms with E-state index in [9.17, 15) is 5.11 Å². The predicted octanol–water partition coefficient (Wildman–Crippen LogP) is 0.600. The zero-order valence-corrected chi connectivity index (χ0v) is 7.09. The zero-order valence-electron chi connectivity index (χ0n) is 6.33. The van der Waals surface area contributed by atoms with Gasteiger partial charge in [0, 0.05) is 19.0 Å². The van der Waals surface area contributed by atoms with Crippen molar-refractivity contribution in [1.29, 1.82) is 0 Å². The molecule has 1 saturated heterocycles. The van der Waals surface area contributed by atoms with E-state index in [-0.39, 0.29) is 12.1 Å². The molecule has 11 heavy (non-hydrogen) atoms. The van der Waals surface area contributed by atoms with E-state index in [0.29, 0.717) is 5.88 Å². The first-order valence-electron chi connectivity index (χ1n) is 4.00. The number of nitrogens with zero attached hydrogens (tertiary/aromatic N) is 1. The fourth-order valence-corrected chi connectivity index (χ4v) is 2.28. The molecule has 2 rings (SSSR count). The van der Waals surface area contributed by atoms with Gasteiger partial charge in [0.15, 0.2) is 0 Å². The van der Waals surface area contributed by atoms with Gasteiger partial charge in [-0.15, -0.1) is 11.6 Å². The van der Waals surface area contributed by atoms with E-state index in [1.807, 2.05) is 0 Å². The molecule has 1 fully saturated rings. The topological polar surface area (TPSA) is 23.5 Å². The molecule has 1 N–H and O–H groups in total. The van der Waals surface area contributed by atoms with Crippen LogP contribution in [0.5, 0.6) is 0 Å². The van der Waals surface area contributed by atoms with Crippen molar-refractivity contribution in [2.24, 2.45) is 0 Å². The van der Waals surface area contributed by atoms with Crippen LogP contribution in [-0.2, 0) is 0 Å². The summed E-state index contributed by atoms with van der Waals surface area (Å²) in [4.78, 5) is 2.28. The van der Waals surface area contributed by atoms with Crippen molar-refractivity contribution >= 4 is 11.6 Å². The number of aliphatic hydroxyl groups is 1. The molecule has 0 aromatic carbocycles. The third-order valence-corrected chi connectivity index (χ3v) is 2.90. The van der Waals surface area contributed by atoms with Crippen molar-refractivity contribution < 1.29 is 5.11 Å². The summed E-state index contributed by atoms with van der Waals surface area (Å²) < 4.78 is 0. The van der Waals surface area contributed by atoms with E-state index >= 15 is 0 Å². The van der Waals surface area contributed by atoms with Gasteiger partial charge >= 0.3 is 0 Å². The van der Waals surface area contributed by atoms with Crippen LogP contribution in [0.3, 0.4) is 0 Å². The normalized spacial score (nSPS) is 37.5. The molecule has 0 aromatic rings. The lowest BCUT2D eigenvalue weighted by molar-refractivity contribution is 0.147. The van der Waals surface area contributed by atoms with E-state index in [4.69, 9.17) is 11.6 Å². The Morgan fingerprint density at radius 2 is 2.55 bits per heavy atom. The van der Waals surface area contributed by atoms with Crippen molar-refractivity contribution in [3.8, 4) is 0 Å². The van der Waals surface area contributed by atoms with Crippen LogP contribution in [0.1, 0.15) is 6.42 Å². The van der Waals surface area contributed by atoms with E-state index in [0.717, 1.165) is 19.5 Å². The first kappa shape index (κ1) is 7.59. The lowest BCUT2D eigenvalue weighted by Gasteiger charge is -2.19. The summed E-state index contributed by atoms with van der Waals surface area (Å²) in [6, 6.07) is 0.243. The maximum Gasteiger partial charge on any atom is 0.0746 e. The molecule has 0 aromatic heterocycles. The van der Waals surface area contributed by atoms with Gasteiger partial charge in [-0.25, -0.2) is 0 Å². The number of halogens is 1. The summed E-state index contributed by atoms with van der Waals surface area (Å²) in [6.07, 6.45) is 2.86. The van der Waals surface area contributed by atoms with Crippen LogP contribution in [0, 0.1) is 0 Å². The molecule has 2 aliphatic rings. The lowest BCUT2D eigenvalue weighted by Crippen LogP contribution is -2.32. The molecule has 2 atom stereocenters. The summed E-state index contributed by atoms with van der Waals surface area (Å²) in [5.74, 6) is 0.568. The van der Waals surface area contributed by atoms with Crippen LogP contribution < -0.4 is 0 Å². The number of fused-ring (bicyclic) bond motifs is 1. The number of rotatable bonds is 1. The molecule has 0 spiro atoms. The first-order valence-corrected chi connectivity index (χ1v) is 4.53. The molecule has 0 amide bonds. The first-order chi connectivity index (χ1) is 5.33. The summed E-state index contributed by atoms with van der Waals surface area (Å²) in [7, 11) is 0. The molecule has 0 aliphatic carbocycles. The standard InChI is InChI=1S/C8H12ClNO/c9-5-6-1-3-10-4-2-7(11)8(6)10/h1,7-8,11H,2-5H2/t7-,8+/m1/s1. The van der Waals surface area contributed by atoms with Crippen LogP contribution in [-0.4, -0.2) is 41.1 Å². The predicted molar refractivity (Wildman–Crippen MR) is 44.8 cm³/mol. The van der Waals surface area contributed by atoms with E-state index in [2.05, 4.69) is 11.0 Å². The van der Waals surface area contributed by atoms with E-state index in [1.165, 1.54) is 5.57 Å². The second kappa shape index (κ2) is 2.77. The van der Waals surface area contributed by atoms with Gasteiger partial charge in [0.05, 0.1) is 12.1 Å². The largest absolute Gasteiger partial charge is 0.391 e. The minimum atomic E-state index is -0.178. The van der Waals surface area contributed by atoms with Crippen molar-refractivity contribution in [2.45, 2.75) is 18.6 Å². The summed E-state index contributed by atoms with van der Waals surface area (Å²) in [6.45, 7) is 1.99. The summed E-state index contributed by atoms with van der Waals surface area (Å²) in [5.41, 5.74) is 1.21. The maximum atomic E-state index is 9.56. The molecular weight excluding hydrogens is 162 g/mol. The smallest absolute Gasteiger partial charge is 0.0746 e. The Labute approximate surface area is 71.4 Å². The van der Waals surface area contributed by atoms with Gasteiger partial charge in [-0.2, -0.15) is 0 Å². The summed E-state index contributed by atoms with van der Waals surface area (Å²) >= 11 is 5.73. The third kappa shape index (κ3) is 1.10. The monoisotopic (exact) mass is 173 g/mol. The molecule has 3 heteroatoms. The van der Waals surface area contributed by atoms with E-state index < -0.39 is 0 Å². The minimum Gasteiger partial charge on any atom is -0.391 e. The highest BCUT2D eigenvalue weighted by Crippen LogP contribution is 2.29. The number of aliphatic hydroxyl groups excluding tert-OH is 1. The molecule has 2 aliphatic heterocycles. The molecule has 0 radical (unpaired) electrons. The third-order valence-electron chi connectivity index (χ3n) is 2.59. The Kier molecular flexibility index (Phi) is 1.91. The number of alkyl halides is 1. The molecule has 2 heterocycles. The van der Waals surface area contributed by atoms with Crippen LogP contribution >= 0.6 is 11.6 Å².